The van der Waals surface area contributed by atoms with Crippen LogP contribution in [0.25, 0.3) is 6.08 Å². The van der Waals surface area contributed by atoms with E-state index in [0.29, 0.717) is 27.3 Å². The molecule has 120 valence electrons. The maximum Gasteiger partial charge on any atom is 0.267 e. The first-order valence-electron chi connectivity index (χ1n) is 7.24. The number of aliphatic imine (C=N–C) groups is 1. The quantitative estimate of drug-likeness (QED) is 0.598. The number of amidine groups is 1. The number of aromatic nitrogens is 1. The molecule has 1 aromatic carbocycles. The maximum atomic E-state index is 12.6. The third-order valence-corrected chi connectivity index (χ3v) is 4.56. The Balaban J connectivity index is 1.97. The first-order valence-corrected chi connectivity index (χ1v) is 8.44. The molecule has 3 rings (SSSR count). The predicted octanol–water partition coefficient (Wildman–Crippen LogP) is 4.53. The minimum Gasteiger partial charge on any atom is -0.283 e. The van der Waals surface area contributed by atoms with Gasteiger partial charge in [0.05, 0.1) is 15.6 Å². The number of hydrogen-bond acceptors (Lipinski definition) is 4. The van der Waals surface area contributed by atoms with Crippen molar-refractivity contribution < 1.29 is 4.79 Å². The highest BCUT2D eigenvalue weighted by atomic mass is 35.5. The van der Waals surface area contributed by atoms with Gasteiger partial charge in [-0.3, -0.25) is 14.7 Å². The monoisotopic (exact) mass is 355 g/mol. The minimum atomic E-state index is -0.0901. The van der Waals surface area contributed by atoms with E-state index in [-0.39, 0.29) is 5.91 Å². The van der Waals surface area contributed by atoms with Gasteiger partial charge < -0.3 is 0 Å². The van der Waals surface area contributed by atoms with Gasteiger partial charge in [0.2, 0.25) is 0 Å². The number of benzene rings is 1. The lowest BCUT2D eigenvalue weighted by atomic mass is 10.2. The average Bonchev–Trinajstić information content (AvgIpc) is 2.87. The number of pyridine rings is 1. The predicted molar refractivity (Wildman–Crippen MR) is 100 cm³/mol. The van der Waals surface area contributed by atoms with Crippen LogP contribution in [0.3, 0.4) is 0 Å². The van der Waals surface area contributed by atoms with Gasteiger partial charge in [0.1, 0.15) is 0 Å². The summed E-state index contributed by atoms with van der Waals surface area (Å²) < 4.78 is 0. The van der Waals surface area contributed by atoms with Crippen LogP contribution in [-0.2, 0) is 4.79 Å². The van der Waals surface area contributed by atoms with E-state index in [4.69, 9.17) is 11.6 Å². The fourth-order valence-electron chi connectivity index (χ4n) is 2.14. The Morgan fingerprint density at radius 2 is 2.08 bits per heavy atom. The van der Waals surface area contributed by atoms with Crippen molar-refractivity contribution in [3.8, 4) is 0 Å². The van der Waals surface area contributed by atoms with E-state index >= 15 is 0 Å². The Kier molecular flexibility index (Phi) is 5.13. The van der Waals surface area contributed by atoms with E-state index in [1.54, 1.807) is 23.2 Å². The molecule has 0 radical (unpaired) electrons. The molecule has 0 atom stereocenters. The lowest BCUT2D eigenvalue weighted by Crippen LogP contribution is -2.29. The standard InChI is InChI=1S/C18H14ClN3OS/c1-2-10-22-17(23)16(11-13-6-4-3-5-7-13)24-18(22)21-15-8-9-20-12-14(15)19/h2-9,11-12H,1,10H2/b16-11-,21-18?. The van der Waals surface area contributed by atoms with Crippen molar-refractivity contribution in [2.45, 2.75) is 0 Å². The molecule has 0 aliphatic carbocycles. The Hall–Kier alpha value is -2.37. The second-order valence-electron chi connectivity index (χ2n) is 4.95. The van der Waals surface area contributed by atoms with Crippen molar-refractivity contribution in [3.63, 3.8) is 0 Å². The molecule has 1 amide bonds. The van der Waals surface area contributed by atoms with Crippen LogP contribution in [0.15, 0.2) is 71.3 Å². The van der Waals surface area contributed by atoms with E-state index in [1.807, 2.05) is 36.4 Å². The van der Waals surface area contributed by atoms with Crippen molar-refractivity contribution in [3.05, 3.63) is 76.9 Å². The maximum absolute atomic E-state index is 12.6. The number of carbonyl (C=O) groups excluding carboxylic acids is 1. The highest BCUT2D eigenvalue weighted by molar-refractivity contribution is 8.18. The largest absolute Gasteiger partial charge is 0.283 e. The fraction of sp³-hybridized carbons (Fsp3) is 0.0556. The third kappa shape index (κ3) is 3.58. The number of nitrogens with zero attached hydrogens (tertiary/aromatic N) is 3. The smallest absolute Gasteiger partial charge is 0.267 e. The number of rotatable bonds is 4. The normalized spacial score (nSPS) is 17.7. The lowest BCUT2D eigenvalue weighted by molar-refractivity contribution is -0.121. The van der Waals surface area contributed by atoms with Crippen molar-refractivity contribution in [2.75, 3.05) is 6.54 Å². The molecule has 1 fully saturated rings. The van der Waals surface area contributed by atoms with Crippen LogP contribution in [0.1, 0.15) is 5.56 Å². The third-order valence-electron chi connectivity index (χ3n) is 3.26. The lowest BCUT2D eigenvalue weighted by Gasteiger charge is -2.12. The summed E-state index contributed by atoms with van der Waals surface area (Å²) in [7, 11) is 0. The highest BCUT2D eigenvalue weighted by Gasteiger charge is 2.32. The Labute approximate surface area is 149 Å². The molecule has 0 bridgehead atoms. The summed E-state index contributed by atoms with van der Waals surface area (Å²) in [6.45, 7) is 4.10. The van der Waals surface area contributed by atoms with E-state index < -0.39 is 0 Å². The van der Waals surface area contributed by atoms with E-state index in [0.717, 1.165) is 5.56 Å². The summed E-state index contributed by atoms with van der Waals surface area (Å²) in [6, 6.07) is 11.4. The van der Waals surface area contributed by atoms with E-state index in [2.05, 4.69) is 16.6 Å². The fourth-order valence-corrected chi connectivity index (χ4v) is 3.31. The first-order chi connectivity index (χ1) is 11.7. The number of carbonyl (C=O) groups is 1. The molecule has 6 heteroatoms. The molecular weight excluding hydrogens is 342 g/mol. The van der Waals surface area contributed by atoms with Crippen molar-refractivity contribution in [1.82, 2.24) is 9.88 Å². The van der Waals surface area contributed by atoms with Crippen molar-refractivity contribution >= 4 is 46.2 Å². The number of thioether (sulfide) groups is 1. The summed E-state index contributed by atoms with van der Waals surface area (Å²) in [6.07, 6.45) is 6.68. The van der Waals surface area contributed by atoms with Gasteiger partial charge in [0.15, 0.2) is 5.17 Å². The minimum absolute atomic E-state index is 0.0901. The van der Waals surface area contributed by atoms with Crippen LogP contribution in [0.5, 0.6) is 0 Å². The van der Waals surface area contributed by atoms with Gasteiger partial charge in [-0.2, -0.15) is 0 Å². The van der Waals surface area contributed by atoms with Crippen LogP contribution in [-0.4, -0.2) is 27.5 Å². The average molecular weight is 356 g/mol. The summed E-state index contributed by atoms with van der Waals surface area (Å²) in [5.41, 5.74) is 1.55. The molecule has 2 aromatic rings. The molecule has 4 nitrogen and oxygen atoms in total. The second kappa shape index (κ2) is 7.47. The van der Waals surface area contributed by atoms with E-state index in [1.165, 1.54) is 18.0 Å². The first kappa shape index (κ1) is 16.5. The number of amides is 1. The van der Waals surface area contributed by atoms with Gasteiger partial charge in [-0.05, 0) is 29.5 Å². The molecular formula is C18H14ClN3OS. The molecule has 0 saturated carbocycles. The zero-order chi connectivity index (χ0) is 16.9. The van der Waals surface area contributed by atoms with E-state index in [9.17, 15) is 4.79 Å². The Morgan fingerprint density at radius 3 is 2.79 bits per heavy atom. The van der Waals surface area contributed by atoms with Crippen LogP contribution in [0.2, 0.25) is 5.02 Å². The van der Waals surface area contributed by atoms with Gasteiger partial charge in [-0.1, -0.05) is 48.0 Å². The molecule has 1 aliphatic heterocycles. The molecule has 0 N–H and O–H groups in total. The molecule has 0 unspecified atom stereocenters. The summed E-state index contributed by atoms with van der Waals surface area (Å²) >= 11 is 7.44. The van der Waals surface area contributed by atoms with Gasteiger partial charge in [0, 0.05) is 18.9 Å². The zero-order valence-electron chi connectivity index (χ0n) is 12.7. The Bertz CT molecular complexity index is 833. The van der Waals surface area contributed by atoms with Gasteiger partial charge in [-0.15, -0.1) is 6.58 Å². The topological polar surface area (TPSA) is 45.6 Å². The summed E-state index contributed by atoms with van der Waals surface area (Å²) in [4.78, 5) is 23.3. The number of hydrogen-bond donors (Lipinski definition) is 0. The van der Waals surface area contributed by atoms with Crippen molar-refractivity contribution in [2.24, 2.45) is 4.99 Å². The van der Waals surface area contributed by atoms with Crippen LogP contribution in [0, 0.1) is 0 Å². The van der Waals surface area contributed by atoms with Crippen LogP contribution in [0.4, 0.5) is 5.69 Å². The highest BCUT2D eigenvalue weighted by Crippen LogP contribution is 2.35. The molecule has 0 spiro atoms. The summed E-state index contributed by atoms with van der Waals surface area (Å²) in [5.74, 6) is -0.0901. The van der Waals surface area contributed by atoms with Crippen LogP contribution < -0.4 is 0 Å². The molecule has 1 aliphatic rings. The van der Waals surface area contributed by atoms with Gasteiger partial charge >= 0.3 is 0 Å². The molecule has 1 saturated heterocycles. The van der Waals surface area contributed by atoms with Crippen LogP contribution >= 0.6 is 23.4 Å². The second-order valence-corrected chi connectivity index (χ2v) is 6.36. The summed E-state index contributed by atoms with van der Waals surface area (Å²) in [5, 5.41) is 1.02. The molecule has 2 heterocycles. The zero-order valence-corrected chi connectivity index (χ0v) is 14.3. The number of halogens is 1. The van der Waals surface area contributed by atoms with Gasteiger partial charge in [-0.25, -0.2) is 4.99 Å². The SMILES string of the molecule is C=CCN1C(=O)/C(=C/c2ccccc2)SC1=Nc1ccncc1Cl. The van der Waals surface area contributed by atoms with Crippen molar-refractivity contribution in [1.29, 1.82) is 0 Å². The van der Waals surface area contributed by atoms with Gasteiger partial charge in [0.25, 0.3) is 5.91 Å². The molecule has 1 aromatic heterocycles. The Morgan fingerprint density at radius 1 is 1.29 bits per heavy atom. The molecule has 24 heavy (non-hydrogen) atoms.